The fourth-order valence-corrected chi connectivity index (χ4v) is 7.07. The third-order valence-electron chi connectivity index (χ3n) is 9.51. The quantitative estimate of drug-likeness (QED) is 0.463. The summed E-state index contributed by atoms with van der Waals surface area (Å²) in [5, 5.41) is 5.58. The van der Waals surface area contributed by atoms with Crippen molar-refractivity contribution >= 4 is 47.3 Å². The number of ether oxygens (including phenoxy) is 1. The summed E-state index contributed by atoms with van der Waals surface area (Å²) in [7, 11) is 1.42. The number of nitrogens with zero attached hydrogens (tertiary/aromatic N) is 1. The number of aromatic amines is 2. The Hall–Kier alpha value is -4.13. The molecular formula is C34H38N4O3. The molecule has 7 heteroatoms. The van der Waals surface area contributed by atoms with Crippen molar-refractivity contribution in [3.05, 3.63) is 73.5 Å². The second-order valence-corrected chi connectivity index (χ2v) is 11.6. The Bertz CT molecular complexity index is 1770. The molecule has 5 heterocycles. The van der Waals surface area contributed by atoms with Gasteiger partial charge in [0.05, 0.1) is 24.2 Å². The van der Waals surface area contributed by atoms with Crippen molar-refractivity contribution in [2.75, 3.05) is 7.11 Å². The lowest BCUT2D eigenvalue weighted by Crippen LogP contribution is -2.26. The zero-order valence-corrected chi connectivity index (χ0v) is 24.7. The molecule has 0 aromatic carbocycles. The predicted octanol–water partition coefficient (Wildman–Crippen LogP) is 4.87. The van der Waals surface area contributed by atoms with Crippen molar-refractivity contribution < 1.29 is 14.3 Å². The van der Waals surface area contributed by atoms with Crippen LogP contribution in [0, 0.1) is 25.7 Å². The van der Waals surface area contributed by atoms with Crippen LogP contribution in [0.15, 0.2) is 34.1 Å². The Kier molecular flexibility index (Phi) is 6.63. The minimum Gasteiger partial charge on any atom is -0.469 e. The molecule has 1 aliphatic carbocycles. The Labute approximate surface area is 240 Å². The number of aromatic nitrogens is 2. The Morgan fingerprint density at radius 1 is 1.17 bits per heavy atom. The number of carbonyl (C=O) groups is 2. The van der Waals surface area contributed by atoms with Gasteiger partial charge >= 0.3 is 5.97 Å². The molecule has 4 aliphatic rings. The number of Topliss-reactive ketones (excluding diaryl/α,β-unsaturated/α-hetero) is 1. The third-order valence-corrected chi connectivity index (χ3v) is 9.51. The van der Waals surface area contributed by atoms with Crippen molar-refractivity contribution in [3.63, 3.8) is 0 Å². The van der Waals surface area contributed by atoms with Gasteiger partial charge in [-0.1, -0.05) is 26.5 Å². The maximum Gasteiger partial charge on any atom is 0.305 e. The summed E-state index contributed by atoms with van der Waals surface area (Å²) in [6, 6.07) is 0.0149. The number of carbonyl (C=O) groups excluding carboxylic acids is 2. The molecule has 41 heavy (non-hydrogen) atoms. The van der Waals surface area contributed by atoms with Crippen LogP contribution in [-0.4, -0.2) is 40.6 Å². The van der Waals surface area contributed by atoms with Gasteiger partial charge in [-0.05, 0) is 74.1 Å². The molecule has 1 unspecified atom stereocenters. The van der Waals surface area contributed by atoms with Gasteiger partial charge in [0.25, 0.3) is 0 Å². The van der Waals surface area contributed by atoms with E-state index in [1.165, 1.54) is 18.3 Å². The molecule has 2 aromatic rings. The number of aliphatic imine (C=N–C) groups is 1. The number of methoxy groups -OCH3 is 1. The van der Waals surface area contributed by atoms with Crippen molar-refractivity contribution in [3.8, 4) is 0 Å². The molecule has 0 saturated carbocycles. The number of hydrogen-bond acceptors (Lipinski definition) is 5. The Balaban J connectivity index is 1.64. The Morgan fingerprint density at radius 3 is 2.66 bits per heavy atom. The number of allylic oxidation sites excluding steroid dienone is 2. The summed E-state index contributed by atoms with van der Waals surface area (Å²) in [5.41, 5.74) is 12.4. The first-order valence-corrected chi connectivity index (χ1v) is 14.5. The van der Waals surface area contributed by atoms with E-state index in [0.29, 0.717) is 19.3 Å². The summed E-state index contributed by atoms with van der Waals surface area (Å²) >= 11 is 0. The highest BCUT2D eigenvalue weighted by Crippen LogP contribution is 2.40. The van der Waals surface area contributed by atoms with Gasteiger partial charge < -0.3 is 20.0 Å². The van der Waals surface area contributed by atoms with Gasteiger partial charge in [0.1, 0.15) is 0 Å². The molecule has 0 amide bonds. The maximum absolute atomic E-state index is 13.4. The SMILES string of the molecule is C=Cc1c2[nH]c(c1C)/C=C1\N=C(C3=c4[nH]/c(c(C)c4C(=O)C3)=C\C3N/C(=C\2)C(C)=C3CC)[C@@H](CCC(=O)OC)[C@@H]1C. The van der Waals surface area contributed by atoms with E-state index >= 15 is 0 Å². The predicted molar refractivity (Wildman–Crippen MR) is 164 cm³/mol. The minimum absolute atomic E-state index is 0.00786. The van der Waals surface area contributed by atoms with Gasteiger partial charge in [-0.25, -0.2) is 0 Å². The van der Waals surface area contributed by atoms with Crippen LogP contribution in [0.3, 0.4) is 0 Å². The lowest BCUT2D eigenvalue weighted by Gasteiger charge is -2.18. The molecule has 0 radical (unpaired) electrons. The van der Waals surface area contributed by atoms with Crippen LogP contribution in [-0.2, 0) is 9.53 Å². The van der Waals surface area contributed by atoms with Gasteiger partial charge in [-0.15, -0.1) is 0 Å². The lowest BCUT2D eigenvalue weighted by molar-refractivity contribution is -0.140. The molecule has 3 aliphatic heterocycles. The molecule has 3 N–H and O–H groups in total. The fourth-order valence-electron chi connectivity index (χ4n) is 7.07. The van der Waals surface area contributed by atoms with Gasteiger partial charge in [0.2, 0.25) is 0 Å². The highest BCUT2D eigenvalue weighted by molar-refractivity contribution is 6.28. The first-order chi connectivity index (χ1) is 19.7. The largest absolute Gasteiger partial charge is 0.469 e. The average molecular weight is 551 g/mol. The van der Waals surface area contributed by atoms with Crippen LogP contribution in [0.2, 0.25) is 0 Å². The monoisotopic (exact) mass is 550 g/mol. The standard InChI is InChI=1S/C34H38N4O3/c1-8-20-16(3)24-13-26-18(5)22(10-11-31(40)41-7)33(37-26)23-12-30(39)32-19(6)27(38-34(23)32)15-29-21(9-2)17(4)25(36-29)14-28(20)35-24/h8,13-15,18,22,29,35-36,38H,1,9-12H2,2-7H3/b25-14-,26-13-,27-15-/t18-,22-,29?/m0/s1. The highest BCUT2D eigenvalue weighted by Gasteiger charge is 2.38. The first-order valence-electron chi connectivity index (χ1n) is 14.5. The summed E-state index contributed by atoms with van der Waals surface area (Å²) < 4.78 is 4.97. The molecule has 7 nitrogen and oxygen atoms in total. The smallest absolute Gasteiger partial charge is 0.305 e. The van der Waals surface area contributed by atoms with E-state index in [2.05, 4.69) is 67.8 Å². The zero-order chi connectivity index (χ0) is 29.2. The van der Waals surface area contributed by atoms with E-state index in [-0.39, 0.29) is 29.6 Å². The number of fused-ring (bicyclic) bond motifs is 7. The van der Waals surface area contributed by atoms with Crippen LogP contribution >= 0.6 is 0 Å². The Morgan fingerprint density at radius 2 is 1.95 bits per heavy atom. The van der Waals surface area contributed by atoms with Crippen molar-refractivity contribution in [2.24, 2.45) is 16.8 Å². The van der Waals surface area contributed by atoms with Crippen LogP contribution in [0.1, 0.15) is 84.9 Å². The van der Waals surface area contributed by atoms with Gasteiger partial charge in [0, 0.05) is 69.5 Å². The molecule has 0 spiro atoms. The number of hydrogen-bond donors (Lipinski definition) is 3. The van der Waals surface area contributed by atoms with Gasteiger partial charge in [-0.2, -0.15) is 0 Å². The van der Waals surface area contributed by atoms with E-state index in [0.717, 1.165) is 73.4 Å². The number of nitrogens with one attached hydrogen (secondary N) is 3. The number of H-pyrrole nitrogens is 2. The molecule has 6 rings (SSSR count). The molecule has 8 bridgehead atoms. The number of rotatable bonds is 5. The van der Waals surface area contributed by atoms with Crippen LogP contribution in [0.5, 0.6) is 0 Å². The number of esters is 1. The van der Waals surface area contributed by atoms with Crippen molar-refractivity contribution in [1.82, 2.24) is 15.3 Å². The van der Waals surface area contributed by atoms with E-state index in [9.17, 15) is 9.59 Å². The third kappa shape index (κ3) is 4.21. The van der Waals surface area contributed by atoms with Gasteiger partial charge in [0.15, 0.2) is 5.78 Å². The molecule has 0 fully saturated rings. The maximum atomic E-state index is 13.4. The summed E-state index contributed by atoms with van der Waals surface area (Å²) in [6.45, 7) is 14.8. The fraction of sp³-hybridized carbons (Fsp3) is 0.382. The normalized spacial score (nSPS) is 26.1. The lowest BCUT2D eigenvalue weighted by atomic mass is 9.83. The van der Waals surface area contributed by atoms with Crippen LogP contribution < -0.4 is 16.0 Å². The molecular weight excluding hydrogens is 512 g/mol. The van der Waals surface area contributed by atoms with E-state index in [4.69, 9.17) is 9.73 Å². The molecule has 0 saturated heterocycles. The zero-order valence-electron chi connectivity index (χ0n) is 24.7. The van der Waals surface area contributed by atoms with Gasteiger partial charge in [-0.3, -0.25) is 14.6 Å². The molecule has 212 valence electrons. The second-order valence-electron chi connectivity index (χ2n) is 11.6. The van der Waals surface area contributed by atoms with Crippen molar-refractivity contribution in [1.29, 1.82) is 0 Å². The topological polar surface area (TPSA) is 99.3 Å². The second kappa shape index (κ2) is 10.1. The van der Waals surface area contributed by atoms with E-state index < -0.39 is 0 Å². The van der Waals surface area contributed by atoms with Crippen molar-refractivity contribution in [2.45, 2.75) is 66.3 Å². The van der Waals surface area contributed by atoms with Crippen LogP contribution in [0.4, 0.5) is 0 Å². The van der Waals surface area contributed by atoms with Crippen LogP contribution in [0.25, 0.3) is 29.9 Å². The average Bonchev–Trinajstić information content (AvgIpc) is 3.70. The molecule has 2 aromatic heterocycles. The summed E-state index contributed by atoms with van der Waals surface area (Å²) in [4.78, 5) is 38.1. The highest BCUT2D eigenvalue weighted by atomic mass is 16.5. The minimum atomic E-state index is -0.237. The summed E-state index contributed by atoms with van der Waals surface area (Å²) in [6.07, 6.45) is 10.6. The van der Waals surface area contributed by atoms with E-state index in [1.807, 2.05) is 13.0 Å². The first kappa shape index (κ1) is 27.1. The van der Waals surface area contributed by atoms with E-state index in [1.54, 1.807) is 0 Å². The number of ketones is 1. The molecule has 3 atom stereocenters. The summed E-state index contributed by atoms with van der Waals surface area (Å²) in [5.74, 6) is -0.0662.